The van der Waals surface area contributed by atoms with Gasteiger partial charge in [-0.05, 0) is 18.2 Å². The van der Waals surface area contributed by atoms with E-state index in [1.165, 1.54) is 17.4 Å². The monoisotopic (exact) mass is 311 g/mol. The summed E-state index contributed by atoms with van der Waals surface area (Å²) in [6.45, 7) is 1.49. The van der Waals surface area contributed by atoms with Crippen molar-refractivity contribution in [3.63, 3.8) is 0 Å². The summed E-state index contributed by atoms with van der Waals surface area (Å²) in [5, 5.41) is 11.4. The summed E-state index contributed by atoms with van der Waals surface area (Å²) in [6.07, 6.45) is 3.26. The van der Waals surface area contributed by atoms with E-state index in [0.29, 0.717) is 29.5 Å². The predicted octanol–water partition coefficient (Wildman–Crippen LogP) is 1.38. The van der Waals surface area contributed by atoms with Crippen molar-refractivity contribution < 1.29 is 24.2 Å². The Morgan fingerprint density at radius 3 is 3.00 bits per heavy atom. The minimum absolute atomic E-state index is 0.196. The Bertz CT molecular complexity index is 545. The van der Waals surface area contributed by atoms with Crippen molar-refractivity contribution in [2.45, 2.75) is 12.0 Å². The van der Waals surface area contributed by atoms with Crippen molar-refractivity contribution in [1.82, 2.24) is 5.32 Å². The number of hydrogen-bond donors (Lipinski definition) is 2. The zero-order valence-corrected chi connectivity index (χ0v) is 12.4. The molecule has 1 aromatic rings. The SMILES string of the molecule is COC1(CNC(=O)c2ccc(/C=C/C(=O)O)s2)CCOC1. The van der Waals surface area contributed by atoms with Gasteiger partial charge < -0.3 is 19.9 Å². The highest BCUT2D eigenvalue weighted by Gasteiger charge is 2.35. The van der Waals surface area contributed by atoms with Crippen molar-refractivity contribution >= 4 is 29.3 Å². The van der Waals surface area contributed by atoms with E-state index < -0.39 is 11.6 Å². The largest absolute Gasteiger partial charge is 0.478 e. The van der Waals surface area contributed by atoms with Crippen LogP contribution in [0.1, 0.15) is 21.0 Å². The highest BCUT2D eigenvalue weighted by molar-refractivity contribution is 7.14. The van der Waals surface area contributed by atoms with E-state index in [2.05, 4.69) is 5.32 Å². The third kappa shape index (κ3) is 4.13. The Kier molecular flexibility index (Phi) is 5.11. The molecule has 1 atom stereocenters. The zero-order chi connectivity index (χ0) is 15.3. The third-order valence-corrected chi connectivity index (χ3v) is 4.36. The van der Waals surface area contributed by atoms with E-state index in [4.69, 9.17) is 14.6 Å². The highest BCUT2D eigenvalue weighted by atomic mass is 32.1. The first kappa shape index (κ1) is 15.7. The highest BCUT2D eigenvalue weighted by Crippen LogP contribution is 2.22. The molecule has 1 aromatic heterocycles. The molecule has 1 fully saturated rings. The van der Waals surface area contributed by atoms with Crippen LogP contribution in [-0.4, -0.2) is 49.5 Å². The van der Waals surface area contributed by atoms with Gasteiger partial charge >= 0.3 is 5.97 Å². The fourth-order valence-electron chi connectivity index (χ4n) is 2.01. The molecule has 0 radical (unpaired) electrons. The van der Waals surface area contributed by atoms with Crippen molar-refractivity contribution in [2.24, 2.45) is 0 Å². The first-order valence-electron chi connectivity index (χ1n) is 6.47. The summed E-state index contributed by atoms with van der Waals surface area (Å²) in [5.74, 6) is -1.21. The first-order chi connectivity index (χ1) is 10.0. The van der Waals surface area contributed by atoms with Gasteiger partial charge in [0.05, 0.1) is 11.5 Å². The molecule has 0 spiro atoms. The average molecular weight is 311 g/mol. The lowest BCUT2D eigenvalue weighted by Gasteiger charge is -2.25. The van der Waals surface area contributed by atoms with Crippen LogP contribution in [0.5, 0.6) is 0 Å². The van der Waals surface area contributed by atoms with Crippen LogP contribution in [0.2, 0.25) is 0 Å². The van der Waals surface area contributed by atoms with Gasteiger partial charge in [0, 0.05) is 37.6 Å². The first-order valence-corrected chi connectivity index (χ1v) is 7.28. The number of thiophene rings is 1. The second kappa shape index (κ2) is 6.84. The summed E-state index contributed by atoms with van der Waals surface area (Å²) >= 11 is 1.24. The number of carbonyl (C=O) groups excluding carboxylic acids is 1. The molecular weight excluding hydrogens is 294 g/mol. The molecule has 1 amide bonds. The number of carboxylic acid groups (broad SMARTS) is 1. The van der Waals surface area contributed by atoms with Gasteiger partial charge in [-0.3, -0.25) is 4.79 Å². The molecule has 0 saturated carbocycles. The quantitative estimate of drug-likeness (QED) is 0.775. The van der Waals surface area contributed by atoms with Crippen molar-refractivity contribution in [3.05, 3.63) is 28.0 Å². The van der Waals surface area contributed by atoms with Gasteiger partial charge in [0.2, 0.25) is 0 Å². The summed E-state index contributed by atoms with van der Waals surface area (Å²) in [6, 6.07) is 3.38. The molecule has 1 aliphatic heterocycles. The van der Waals surface area contributed by atoms with Gasteiger partial charge in [-0.15, -0.1) is 11.3 Å². The van der Waals surface area contributed by atoms with Gasteiger partial charge in [0.1, 0.15) is 5.60 Å². The van der Waals surface area contributed by atoms with Crippen LogP contribution in [0, 0.1) is 0 Å². The molecule has 1 unspecified atom stereocenters. The molecule has 0 aliphatic carbocycles. The summed E-state index contributed by atoms with van der Waals surface area (Å²) < 4.78 is 10.8. The number of nitrogens with one attached hydrogen (secondary N) is 1. The predicted molar refractivity (Wildman–Crippen MR) is 78.5 cm³/mol. The smallest absolute Gasteiger partial charge is 0.328 e. The minimum atomic E-state index is -1.02. The normalized spacial score (nSPS) is 21.8. The Hall–Kier alpha value is -1.70. The van der Waals surface area contributed by atoms with E-state index in [9.17, 15) is 9.59 Å². The number of rotatable bonds is 6. The van der Waals surface area contributed by atoms with Crippen LogP contribution >= 0.6 is 11.3 Å². The van der Waals surface area contributed by atoms with Crippen molar-refractivity contribution in [1.29, 1.82) is 0 Å². The molecule has 1 saturated heterocycles. The standard InChI is InChI=1S/C14H17NO5S/c1-19-14(6-7-20-9-14)8-15-13(18)11-4-2-10(21-11)3-5-12(16)17/h2-5H,6-9H2,1H3,(H,15,18)(H,16,17)/b5-3+. The van der Waals surface area contributed by atoms with Gasteiger partial charge in [-0.1, -0.05) is 0 Å². The number of carboxylic acids is 1. The fourth-order valence-corrected chi connectivity index (χ4v) is 2.83. The molecule has 0 aromatic carbocycles. The van der Waals surface area contributed by atoms with E-state index in [0.717, 1.165) is 12.5 Å². The number of methoxy groups -OCH3 is 1. The molecule has 114 valence electrons. The summed E-state index contributed by atoms with van der Waals surface area (Å²) in [4.78, 5) is 23.8. The minimum Gasteiger partial charge on any atom is -0.478 e. The topological polar surface area (TPSA) is 84.9 Å². The maximum atomic E-state index is 12.1. The van der Waals surface area contributed by atoms with Gasteiger partial charge in [0.25, 0.3) is 5.91 Å². The van der Waals surface area contributed by atoms with Gasteiger partial charge in [-0.25, -0.2) is 4.79 Å². The van der Waals surface area contributed by atoms with Crippen LogP contribution in [0.15, 0.2) is 18.2 Å². The molecular formula is C14H17NO5S. The molecule has 1 aliphatic rings. The van der Waals surface area contributed by atoms with E-state index in [-0.39, 0.29) is 5.91 Å². The number of ether oxygens (including phenoxy) is 2. The van der Waals surface area contributed by atoms with Crippen LogP contribution in [0.25, 0.3) is 6.08 Å². The maximum Gasteiger partial charge on any atom is 0.328 e. The van der Waals surface area contributed by atoms with Gasteiger partial charge in [-0.2, -0.15) is 0 Å². The molecule has 2 N–H and O–H groups in total. The molecule has 7 heteroatoms. The van der Waals surface area contributed by atoms with Crippen molar-refractivity contribution in [2.75, 3.05) is 26.9 Å². The van der Waals surface area contributed by atoms with Crippen LogP contribution < -0.4 is 5.32 Å². The van der Waals surface area contributed by atoms with E-state index in [1.807, 2.05) is 0 Å². The maximum absolute atomic E-state index is 12.1. The molecule has 6 nitrogen and oxygen atoms in total. The molecule has 21 heavy (non-hydrogen) atoms. The van der Waals surface area contributed by atoms with E-state index in [1.54, 1.807) is 19.2 Å². The van der Waals surface area contributed by atoms with Crippen LogP contribution in [0.4, 0.5) is 0 Å². The summed E-state index contributed by atoms with van der Waals surface area (Å²) in [7, 11) is 1.61. The Morgan fingerprint density at radius 1 is 1.57 bits per heavy atom. The van der Waals surface area contributed by atoms with Crippen LogP contribution in [0.3, 0.4) is 0 Å². The number of hydrogen-bond acceptors (Lipinski definition) is 5. The Balaban J connectivity index is 1.93. The van der Waals surface area contributed by atoms with E-state index >= 15 is 0 Å². The second-order valence-electron chi connectivity index (χ2n) is 4.75. The number of amides is 1. The van der Waals surface area contributed by atoms with Gasteiger partial charge in [0.15, 0.2) is 0 Å². The Labute approximate surface area is 126 Å². The fraction of sp³-hybridized carbons (Fsp3) is 0.429. The second-order valence-corrected chi connectivity index (χ2v) is 5.86. The van der Waals surface area contributed by atoms with Crippen molar-refractivity contribution in [3.8, 4) is 0 Å². The molecule has 2 heterocycles. The average Bonchev–Trinajstić information content (AvgIpc) is 3.12. The van der Waals surface area contributed by atoms with Crippen LogP contribution in [-0.2, 0) is 14.3 Å². The molecule has 0 bridgehead atoms. The number of carbonyl (C=O) groups is 2. The lowest BCUT2D eigenvalue weighted by atomic mass is 10.0. The number of aliphatic carboxylic acids is 1. The zero-order valence-electron chi connectivity index (χ0n) is 11.6. The lowest BCUT2D eigenvalue weighted by Crippen LogP contribution is -2.44. The summed E-state index contributed by atoms with van der Waals surface area (Å²) in [5.41, 5.74) is -0.445. The Morgan fingerprint density at radius 2 is 2.38 bits per heavy atom. The third-order valence-electron chi connectivity index (χ3n) is 3.31. The lowest BCUT2D eigenvalue weighted by molar-refractivity contribution is -0.131. The molecule has 2 rings (SSSR count).